The summed E-state index contributed by atoms with van der Waals surface area (Å²) >= 11 is 5.58. The van der Waals surface area contributed by atoms with Gasteiger partial charge in [0.1, 0.15) is 5.82 Å². The predicted molar refractivity (Wildman–Crippen MR) is 130 cm³/mol. The second-order valence-corrected chi connectivity index (χ2v) is 9.59. The summed E-state index contributed by atoms with van der Waals surface area (Å²) in [6, 6.07) is 9.88. The molecular weight excluding hydrogens is 660 g/mol. The van der Waals surface area contributed by atoms with Gasteiger partial charge in [0.15, 0.2) is 0 Å². The molecule has 0 spiro atoms. The Kier molecular flexibility index (Phi) is 8.00. The first-order valence-corrected chi connectivity index (χ1v) is 11.8. The summed E-state index contributed by atoms with van der Waals surface area (Å²) in [6.45, 7) is 0. The Morgan fingerprint density at radius 1 is 0.789 bits per heavy atom. The van der Waals surface area contributed by atoms with Crippen molar-refractivity contribution < 1.29 is 44.7 Å². The molecule has 2 amide bonds. The SMILES string of the molecule is CN(C(=O)c1cccc(-c2ccccc2C(N)=O)c1F)c1c(Br)cc(C(F)(C(F)(F)F)C(F)(F)F)cc1Br. The Balaban J connectivity index is 2.10. The second-order valence-electron chi connectivity index (χ2n) is 7.88. The van der Waals surface area contributed by atoms with Gasteiger partial charge in [0, 0.05) is 32.7 Å². The van der Waals surface area contributed by atoms with Crippen LogP contribution in [0.1, 0.15) is 26.3 Å². The number of hydrogen-bond acceptors (Lipinski definition) is 2. The lowest BCUT2D eigenvalue weighted by atomic mass is 9.94. The number of nitrogens with two attached hydrogens (primary N) is 1. The van der Waals surface area contributed by atoms with E-state index in [1.54, 1.807) is 0 Å². The van der Waals surface area contributed by atoms with E-state index < -0.39 is 55.7 Å². The summed E-state index contributed by atoms with van der Waals surface area (Å²) in [5, 5.41) is 0. The second kappa shape index (κ2) is 10.3. The Morgan fingerprint density at radius 3 is 1.76 bits per heavy atom. The van der Waals surface area contributed by atoms with Crippen LogP contribution in [0.4, 0.5) is 40.8 Å². The van der Waals surface area contributed by atoms with Crippen molar-refractivity contribution in [3.63, 3.8) is 0 Å². The van der Waals surface area contributed by atoms with E-state index in [0.717, 1.165) is 18.0 Å². The molecule has 4 nitrogen and oxygen atoms in total. The number of alkyl halides is 7. The molecule has 0 atom stereocenters. The summed E-state index contributed by atoms with van der Waals surface area (Å²) < 4.78 is 108. The van der Waals surface area contributed by atoms with Gasteiger partial charge in [-0.05, 0) is 61.7 Å². The third kappa shape index (κ3) is 5.03. The van der Waals surface area contributed by atoms with Crippen molar-refractivity contribution in [3.05, 3.63) is 86.1 Å². The zero-order valence-electron chi connectivity index (χ0n) is 18.8. The van der Waals surface area contributed by atoms with E-state index in [1.165, 1.54) is 36.4 Å². The lowest BCUT2D eigenvalue weighted by Gasteiger charge is -2.31. The van der Waals surface area contributed by atoms with Gasteiger partial charge in [-0.2, -0.15) is 26.3 Å². The van der Waals surface area contributed by atoms with Crippen molar-refractivity contribution in [3.8, 4) is 11.1 Å². The average molecular weight is 674 g/mol. The molecule has 0 radical (unpaired) electrons. The van der Waals surface area contributed by atoms with Crippen LogP contribution in [-0.2, 0) is 5.67 Å². The van der Waals surface area contributed by atoms with E-state index in [1.807, 2.05) is 0 Å². The van der Waals surface area contributed by atoms with E-state index in [2.05, 4.69) is 31.9 Å². The van der Waals surface area contributed by atoms with Crippen LogP contribution >= 0.6 is 31.9 Å². The van der Waals surface area contributed by atoms with Gasteiger partial charge in [0.25, 0.3) is 5.91 Å². The van der Waals surface area contributed by atoms with E-state index >= 15 is 4.39 Å². The third-order valence-electron chi connectivity index (χ3n) is 5.55. The third-order valence-corrected chi connectivity index (χ3v) is 6.76. The first-order chi connectivity index (χ1) is 17.4. The van der Waals surface area contributed by atoms with Crippen LogP contribution in [0.2, 0.25) is 0 Å². The van der Waals surface area contributed by atoms with Crippen molar-refractivity contribution >= 4 is 49.4 Å². The largest absolute Gasteiger partial charge is 0.435 e. The van der Waals surface area contributed by atoms with Crippen molar-refractivity contribution in [2.75, 3.05) is 11.9 Å². The molecule has 0 bridgehead atoms. The van der Waals surface area contributed by atoms with E-state index in [-0.39, 0.29) is 34.5 Å². The highest BCUT2D eigenvalue weighted by Crippen LogP contribution is 2.54. The highest BCUT2D eigenvalue weighted by molar-refractivity contribution is 9.11. The van der Waals surface area contributed by atoms with Gasteiger partial charge in [-0.15, -0.1) is 0 Å². The number of benzene rings is 3. The normalized spacial score (nSPS) is 12.4. The zero-order chi connectivity index (χ0) is 28.8. The molecule has 3 aromatic rings. The fourth-order valence-corrected chi connectivity index (χ4v) is 5.41. The van der Waals surface area contributed by atoms with Gasteiger partial charge in [-0.25, -0.2) is 8.78 Å². The van der Waals surface area contributed by atoms with Gasteiger partial charge in [0.2, 0.25) is 5.91 Å². The Morgan fingerprint density at radius 2 is 1.26 bits per heavy atom. The molecule has 3 aromatic carbocycles. The number of anilines is 1. The lowest BCUT2D eigenvalue weighted by molar-refractivity contribution is -0.348. The Labute approximate surface area is 226 Å². The first kappa shape index (κ1) is 29.6. The van der Waals surface area contributed by atoms with Crippen LogP contribution in [0, 0.1) is 5.82 Å². The van der Waals surface area contributed by atoms with Gasteiger partial charge < -0.3 is 10.6 Å². The Hall–Kier alpha value is -3.00. The number of primary amides is 1. The maximum absolute atomic E-state index is 15.5. The standard InChI is InChI=1S/C24H14Br2F8N2O2/c1-36(19-16(25)9-11(10-17(19)26)22(28,23(29,30)31)24(32,33)34)21(38)15-8-4-7-13(18(15)27)12-5-2-3-6-14(12)20(35)37/h2-10H,1H3,(H2,35,37). The average Bonchev–Trinajstić information content (AvgIpc) is 2.81. The van der Waals surface area contributed by atoms with Crippen LogP contribution in [-0.4, -0.2) is 31.2 Å². The van der Waals surface area contributed by atoms with Crippen molar-refractivity contribution in [1.82, 2.24) is 0 Å². The van der Waals surface area contributed by atoms with Crippen molar-refractivity contribution in [2.45, 2.75) is 18.0 Å². The van der Waals surface area contributed by atoms with Crippen molar-refractivity contribution in [2.24, 2.45) is 5.73 Å². The number of halogens is 10. The molecule has 38 heavy (non-hydrogen) atoms. The van der Waals surface area contributed by atoms with Gasteiger partial charge in [0.05, 0.1) is 11.3 Å². The zero-order valence-corrected chi connectivity index (χ0v) is 22.0. The van der Waals surface area contributed by atoms with Crippen molar-refractivity contribution in [1.29, 1.82) is 0 Å². The molecule has 0 aliphatic rings. The molecule has 0 aliphatic carbocycles. The summed E-state index contributed by atoms with van der Waals surface area (Å²) in [5.41, 5.74) is -3.13. The molecule has 0 heterocycles. The van der Waals surface area contributed by atoms with Crippen LogP contribution in [0.5, 0.6) is 0 Å². The van der Waals surface area contributed by atoms with Gasteiger partial charge in [-0.1, -0.05) is 30.3 Å². The molecule has 0 aromatic heterocycles. The number of amides is 2. The first-order valence-electron chi connectivity index (χ1n) is 10.2. The molecule has 202 valence electrons. The summed E-state index contributed by atoms with van der Waals surface area (Å²) in [6.07, 6.45) is -12.7. The minimum Gasteiger partial charge on any atom is -0.366 e. The van der Waals surface area contributed by atoms with Gasteiger partial charge in [-0.3, -0.25) is 9.59 Å². The maximum atomic E-state index is 15.5. The summed E-state index contributed by atoms with van der Waals surface area (Å²) in [5.74, 6) is -2.99. The molecule has 0 aliphatic heterocycles. The lowest BCUT2D eigenvalue weighted by Crippen LogP contribution is -2.50. The number of carbonyl (C=O) groups excluding carboxylic acids is 2. The molecule has 0 saturated carbocycles. The maximum Gasteiger partial charge on any atom is 0.435 e. The molecule has 0 fully saturated rings. The topological polar surface area (TPSA) is 63.4 Å². The molecule has 0 unspecified atom stereocenters. The van der Waals surface area contributed by atoms with E-state index in [9.17, 15) is 40.3 Å². The van der Waals surface area contributed by atoms with E-state index in [4.69, 9.17) is 5.73 Å². The van der Waals surface area contributed by atoms with Crippen LogP contribution < -0.4 is 10.6 Å². The molecule has 14 heteroatoms. The van der Waals surface area contributed by atoms with Crippen LogP contribution in [0.25, 0.3) is 11.1 Å². The minimum atomic E-state index is -6.35. The van der Waals surface area contributed by atoms with Crippen LogP contribution in [0.3, 0.4) is 0 Å². The highest BCUT2D eigenvalue weighted by Gasteiger charge is 2.73. The number of hydrogen-bond donors (Lipinski definition) is 1. The number of carbonyl (C=O) groups is 2. The minimum absolute atomic E-state index is 0.0329. The fraction of sp³-hybridized carbons (Fsp3) is 0.167. The summed E-state index contributed by atoms with van der Waals surface area (Å²) in [4.78, 5) is 25.7. The predicted octanol–water partition coefficient (Wildman–Crippen LogP) is 7.68. The number of rotatable bonds is 5. The highest BCUT2D eigenvalue weighted by atomic mass is 79.9. The molecular formula is C24H14Br2F8N2O2. The molecule has 0 saturated heterocycles. The fourth-order valence-electron chi connectivity index (χ4n) is 3.69. The van der Waals surface area contributed by atoms with E-state index in [0.29, 0.717) is 0 Å². The van der Waals surface area contributed by atoms with Crippen LogP contribution in [0.15, 0.2) is 63.5 Å². The monoisotopic (exact) mass is 672 g/mol. The smallest absolute Gasteiger partial charge is 0.366 e. The quantitative estimate of drug-likeness (QED) is 0.283. The Bertz CT molecular complexity index is 1390. The summed E-state index contributed by atoms with van der Waals surface area (Å²) in [7, 11) is 1.08. The molecule has 3 rings (SSSR count). The van der Waals surface area contributed by atoms with Gasteiger partial charge >= 0.3 is 18.0 Å². The number of nitrogens with zero attached hydrogens (tertiary/aromatic N) is 1. The molecule has 2 N–H and O–H groups in total.